The quantitative estimate of drug-likeness (QED) is 0.807. The minimum absolute atomic E-state index is 0.0152. The van der Waals surface area contributed by atoms with Crippen molar-refractivity contribution in [3.05, 3.63) is 41.1 Å². The van der Waals surface area contributed by atoms with Crippen LogP contribution in [0.4, 0.5) is 11.5 Å². The highest BCUT2D eigenvalue weighted by Crippen LogP contribution is 2.31. The summed E-state index contributed by atoms with van der Waals surface area (Å²) in [5.41, 5.74) is 3.96. The molecule has 6 heteroatoms. The van der Waals surface area contributed by atoms with Crippen molar-refractivity contribution in [3.8, 4) is 0 Å². The van der Waals surface area contributed by atoms with Crippen LogP contribution in [0.1, 0.15) is 61.8 Å². The minimum atomic E-state index is -0.231. The first-order valence-corrected chi connectivity index (χ1v) is 10.9. The standard InChI is InChI=1S/C23H31N5O/c1-15-21-22(28(3)16(2)23(29)27-21)26-20(25-15)13-10-18-9-12-19(24-14-18)11-8-17-6-4-5-7-17/h9,12,14,16-17H,4-8,10-11,13H2,1-3H3,(H,27,29). The predicted octanol–water partition coefficient (Wildman–Crippen LogP) is 3.86. The van der Waals surface area contributed by atoms with E-state index in [0.29, 0.717) is 0 Å². The molecule has 2 aliphatic rings. The van der Waals surface area contributed by atoms with E-state index in [2.05, 4.69) is 27.4 Å². The Morgan fingerprint density at radius 1 is 1.14 bits per heavy atom. The van der Waals surface area contributed by atoms with E-state index in [1.54, 1.807) is 0 Å². The molecule has 1 saturated carbocycles. The Balaban J connectivity index is 1.37. The average molecular weight is 394 g/mol. The molecule has 1 aliphatic carbocycles. The highest BCUT2D eigenvalue weighted by molar-refractivity contribution is 6.02. The molecule has 1 atom stereocenters. The topological polar surface area (TPSA) is 71.0 Å². The van der Waals surface area contributed by atoms with Gasteiger partial charge in [0.2, 0.25) is 5.91 Å². The van der Waals surface area contributed by atoms with Crippen LogP contribution in [-0.2, 0) is 24.1 Å². The van der Waals surface area contributed by atoms with Gasteiger partial charge < -0.3 is 10.2 Å². The van der Waals surface area contributed by atoms with Gasteiger partial charge in [0, 0.05) is 25.4 Å². The van der Waals surface area contributed by atoms with Crippen molar-refractivity contribution in [2.45, 2.75) is 71.3 Å². The van der Waals surface area contributed by atoms with Crippen LogP contribution in [0.25, 0.3) is 0 Å². The number of hydrogen-bond acceptors (Lipinski definition) is 5. The molecule has 1 fully saturated rings. The van der Waals surface area contributed by atoms with Crippen molar-refractivity contribution in [3.63, 3.8) is 0 Å². The number of amides is 1. The van der Waals surface area contributed by atoms with Gasteiger partial charge in [0.1, 0.15) is 17.6 Å². The lowest BCUT2D eigenvalue weighted by molar-refractivity contribution is -0.117. The molecule has 154 valence electrons. The monoisotopic (exact) mass is 393 g/mol. The zero-order valence-electron chi connectivity index (χ0n) is 17.7. The third-order valence-electron chi connectivity index (χ3n) is 6.47. The van der Waals surface area contributed by atoms with Crippen molar-refractivity contribution < 1.29 is 4.79 Å². The molecule has 0 aromatic carbocycles. The molecule has 0 radical (unpaired) electrons. The zero-order valence-corrected chi connectivity index (χ0v) is 17.7. The normalized spacial score (nSPS) is 19.3. The first kappa shape index (κ1) is 19.8. The first-order valence-electron chi connectivity index (χ1n) is 10.9. The van der Waals surface area contributed by atoms with Crippen LogP contribution in [0.2, 0.25) is 0 Å². The number of aryl methyl sites for hydroxylation is 4. The van der Waals surface area contributed by atoms with Crippen LogP contribution in [0.3, 0.4) is 0 Å². The Morgan fingerprint density at radius 2 is 1.93 bits per heavy atom. The highest BCUT2D eigenvalue weighted by Gasteiger charge is 2.30. The molecule has 0 bridgehead atoms. The minimum Gasteiger partial charge on any atom is -0.346 e. The summed E-state index contributed by atoms with van der Waals surface area (Å²) in [5.74, 6) is 2.51. The maximum absolute atomic E-state index is 12.0. The molecule has 1 N–H and O–H groups in total. The van der Waals surface area contributed by atoms with Crippen LogP contribution in [0, 0.1) is 12.8 Å². The molecule has 1 aliphatic heterocycles. The zero-order chi connectivity index (χ0) is 20.4. The summed E-state index contributed by atoms with van der Waals surface area (Å²) in [7, 11) is 1.91. The molecule has 1 unspecified atom stereocenters. The largest absolute Gasteiger partial charge is 0.346 e. The van der Waals surface area contributed by atoms with E-state index in [1.807, 2.05) is 32.0 Å². The van der Waals surface area contributed by atoms with Crippen molar-refractivity contribution in [2.24, 2.45) is 5.92 Å². The smallest absolute Gasteiger partial charge is 0.246 e. The number of fused-ring (bicyclic) bond motifs is 1. The van der Waals surface area contributed by atoms with E-state index in [0.717, 1.165) is 48.2 Å². The summed E-state index contributed by atoms with van der Waals surface area (Å²) in [6.07, 6.45) is 11.6. The summed E-state index contributed by atoms with van der Waals surface area (Å²) >= 11 is 0. The molecule has 2 aromatic rings. The summed E-state index contributed by atoms with van der Waals surface area (Å²) in [6, 6.07) is 4.14. The molecular formula is C23H31N5O. The van der Waals surface area contributed by atoms with Gasteiger partial charge in [-0.2, -0.15) is 0 Å². The van der Waals surface area contributed by atoms with Gasteiger partial charge in [-0.15, -0.1) is 0 Å². The lowest BCUT2D eigenvalue weighted by Crippen LogP contribution is -2.45. The molecule has 3 heterocycles. The number of nitrogens with zero attached hydrogens (tertiary/aromatic N) is 4. The Bertz CT molecular complexity index is 874. The summed E-state index contributed by atoms with van der Waals surface area (Å²) in [4.78, 5) is 28.0. The van der Waals surface area contributed by atoms with Crippen LogP contribution in [0.15, 0.2) is 18.3 Å². The molecule has 29 heavy (non-hydrogen) atoms. The van der Waals surface area contributed by atoms with Gasteiger partial charge in [-0.25, -0.2) is 9.97 Å². The van der Waals surface area contributed by atoms with Gasteiger partial charge in [-0.05, 0) is 50.7 Å². The second kappa shape index (κ2) is 8.47. The van der Waals surface area contributed by atoms with Crippen molar-refractivity contribution in [1.29, 1.82) is 0 Å². The Hall–Kier alpha value is -2.50. The molecule has 0 spiro atoms. The van der Waals surface area contributed by atoms with Gasteiger partial charge >= 0.3 is 0 Å². The maximum atomic E-state index is 12.0. The van der Waals surface area contributed by atoms with Crippen molar-refractivity contribution in [1.82, 2.24) is 15.0 Å². The van der Waals surface area contributed by atoms with Crippen LogP contribution in [0.5, 0.6) is 0 Å². The Morgan fingerprint density at radius 3 is 2.66 bits per heavy atom. The Labute approximate surface area is 173 Å². The Kier molecular flexibility index (Phi) is 5.79. The number of carbonyl (C=O) groups is 1. The first-order chi connectivity index (χ1) is 14.0. The molecule has 0 saturated heterocycles. The number of aromatic nitrogens is 3. The van der Waals surface area contributed by atoms with E-state index < -0.39 is 0 Å². The van der Waals surface area contributed by atoms with E-state index in [4.69, 9.17) is 4.98 Å². The van der Waals surface area contributed by atoms with E-state index in [9.17, 15) is 4.79 Å². The van der Waals surface area contributed by atoms with E-state index in [1.165, 1.54) is 43.4 Å². The van der Waals surface area contributed by atoms with Gasteiger partial charge in [-0.3, -0.25) is 9.78 Å². The maximum Gasteiger partial charge on any atom is 0.246 e. The lowest BCUT2D eigenvalue weighted by atomic mass is 10.00. The number of carbonyl (C=O) groups excluding carboxylic acids is 1. The van der Waals surface area contributed by atoms with Gasteiger partial charge in [0.05, 0.1) is 5.69 Å². The van der Waals surface area contributed by atoms with E-state index in [-0.39, 0.29) is 11.9 Å². The predicted molar refractivity (Wildman–Crippen MR) is 115 cm³/mol. The van der Waals surface area contributed by atoms with E-state index >= 15 is 0 Å². The second-order valence-corrected chi connectivity index (χ2v) is 8.55. The van der Waals surface area contributed by atoms with Crippen LogP contribution < -0.4 is 10.2 Å². The summed E-state index contributed by atoms with van der Waals surface area (Å²) in [5, 5.41) is 2.93. The molecule has 2 aromatic heterocycles. The second-order valence-electron chi connectivity index (χ2n) is 8.55. The fourth-order valence-corrected chi connectivity index (χ4v) is 4.37. The number of likely N-dealkylation sites (N-methyl/N-ethyl adjacent to an activating group) is 1. The number of pyridine rings is 1. The molecule has 1 amide bonds. The summed E-state index contributed by atoms with van der Waals surface area (Å²) in [6.45, 7) is 3.81. The van der Waals surface area contributed by atoms with Crippen LogP contribution in [-0.4, -0.2) is 33.9 Å². The third-order valence-corrected chi connectivity index (χ3v) is 6.47. The number of hydrogen-bond donors (Lipinski definition) is 1. The molecule has 6 nitrogen and oxygen atoms in total. The van der Waals surface area contributed by atoms with Gasteiger partial charge in [-0.1, -0.05) is 31.7 Å². The highest BCUT2D eigenvalue weighted by atomic mass is 16.2. The van der Waals surface area contributed by atoms with Gasteiger partial charge in [0.15, 0.2) is 5.82 Å². The molecular weight excluding hydrogens is 362 g/mol. The average Bonchev–Trinajstić information content (AvgIpc) is 3.24. The van der Waals surface area contributed by atoms with Crippen molar-refractivity contribution >= 4 is 17.4 Å². The SMILES string of the molecule is Cc1nc(CCc2ccc(CCC3CCCC3)nc2)nc2c1NC(=O)C(C)N2C. The number of rotatable bonds is 6. The lowest BCUT2D eigenvalue weighted by Gasteiger charge is -2.32. The fourth-order valence-electron chi connectivity index (χ4n) is 4.37. The third kappa shape index (κ3) is 4.41. The summed E-state index contributed by atoms with van der Waals surface area (Å²) < 4.78 is 0. The van der Waals surface area contributed by atoms with Gasteiger partial charge in [0.25, 0.3) is 0 Å². The van der Waals surface area contributed by atoms with Crippen molar-refractivity contribution in [2.75, 3.05) is 17.3 Å². The molecule has 4 rings (SSSR count). The fraction of sp³-hybridized carbons (Fsp3) is 0.565. The number of anilines is 2. The number of nitrogens with one attached hydrogen (secondary N) is 1. The van der Waals surface area contributed by atoms with Crippen LogP contribution >= 0.6 is 0 Å².